The lowest BCUT2D eigenvalue weighted by Gasteiger charge is -2.36. The first-order valence-corrected chi connectivity index (χ1v) is 6.07. The first-order chi connectivity index (χ1) is 7.30. The molecule has 1 saturated carbocycles. The van der Waals surface area contributed by atoms with E-state index in [0.29, 0.717) is 12.0 Å². The zero-order valence-corrected chi connectivity index (χ0v) is 9.74. The average Bonchev–Trinajstić information content (AvgIpc) is 2.60. The van der Waals surface area contributed by atoms with Crippen molar-refractivity contribution in [3.63, 3.8) is 0 Å². The molecule has 0 amide bonds. The number of rotatable bonds is 4. The van der Waals surface area contributed by atoms with Gasteiger partial charge < -0.3 is 5.73 Å². The molecule has 1 aliphatic rings. The molecule has 0 spiro atoms. The van der Waals surface area contributed by atoms with Crippen molar-refractivity contribution in [2.75, 3.05) is 6.54 Å². The predicted octanol–water partition coefficient (Wildman–Crippen LogP) is 1.92. The van der Waals surface area contributed by atoms with Gasteiger partial charge in [-0.2, -0.15) is 5.10 Å². The maximum atomic E-state index is 5.75. The number of hydrogen-bond acceptors (Lipinski definition) is 2. The fourth-order valence-corrected chi connectivity index (χ4v) is 2.36. The second kappa shape index (κ2) is 4.35. The minimum Gasteiger partial charge on any atom is -0.330 e. The van der Waals surface area contributed by atoms with Crippen molar-refractivity contribution < 1.29 is 0 Å². The van der Waals surface area contributed by atoms with Crippen LogP contribution in [0.4, 0.5) is 0 Å². The maximum Gasteiger partial charge on any atom is 0.0624 e. The standard InChI is InChI=1S/C12H21N3/c1-3-10-7-11(4-2)15(14-10)12-6-5-9(12)8-13/h7,9,12H,3-6,8,13H2,1-2H3. The second-order valence-electron chi connectivity index (χ2n) is 4.42. The molecule has 3 nitrogen and oxygen atoms in total. The molecule has 1 aromatic rings. The van der Waals surface area contributed by atoms with Crippen molar-refractivity contribution in [1.29, 1.82) is 0 Å². The molecule has 0 aliphatic heterocycles. The van der Waals surface area contributed by atoms with Gasteiger partial charge in [0.2, 0.25) is 0 Å². The molecule has 0 saturated heterocycles. The minimum absolute atomic E-state index is 0.574. The lowest BCUT2D eigenvalue weighted by molar-refractivity contribution is 0.170. The van der Waals surface area contributed by atoms with Gasteiger partial charge in [0.25, 0.3) is 0 Å². The van der Waals surface area contributed by atoms with Crippen molar-refractivity contribution >= 4 is 0 Å². The summed E-state index contributed by atoms with van der Waals surface area (Å²) in [5, 5.41) is 4.68. The first-order valence-electron chi connectivity index (χ1n) is 6.07. The van der Waals surface area contributed by atoms with E-state index < -0.39 is 0 Å². The number of aromatic nitrogens is 2. The van der Waals surface area contributed by atoms with Crippen LogP contribution in [0, 0.1) is 5.92 Å². The summed E-state index contributed by atoms with van der Waals surface area (Å²) >= 11 is 0. The van der Waals surface area contributed by atoms with Crippen LogP contribution < -0.4 is 5.73 Å². The van der Waals surface area contributed by atoms with E-state index in [1.165, 1.54) is 24.2 Å². The summed E-state index contributed by atoms with van der Waals surface area (Å²) in [6.45, 7) is 5.16. The van der Waals surface area contributed by atoms with E-state index >= 15 is 0 Å². The van der Waals surface area contributed by atoms with Gasteiger partial charge in [-0.3, -0.25) is 4.68 Å². The van der Waals surface area contributed by atoms with Crippen LogP contribution in [0.25, 0.3) is 0 Å². The highest BCUT2D eigenvalue weighted by Crippen LogP contribution is 2.38. The predicted molar refractivity (Wildman–Crippen MR) is 61.8 cm³/mol. The van der Waals surface area contributed by atoms with Gasteiger partial charge in [-0.05, 0) is 44.2 Å². The molecule has 3 heteroatoms. The SMILES string of the molecule is CCc1cc(CC)n(C2CCC2CN)n1. The molecule has 0 aromatic carbocycles. The summed E-state index contributed by atoms with van der Waals surface area (Å²) in [6.07, 6.45) is 4.62. The number of hydrogen-bond donors (Lipinski definition) is 1. The molecule has 1 fully saturated rings. The number of aryl methyl sites for hydroxylation is 2. The van der Waals surface area contributed by atoms with Gasteiger partial charge in [-0.15, -0.1) is 0 Å². The van der Waals surface area contributed by atoms with Crippen LogP contribution in [0.1, 0.15) is 44.1 Å². The quantitative estimate of drug-likeness (QED) is 0.819. The Bertz CT molecular complexity index is 328. The van der Waals surface area contributed by atoms with E-state index in [9.17, 15) is 0 Å². The molecule has 2 rings (SSSR count). The van der Waals surface area contributed by atoms with E-state index in [1.807, 2.05) is 0 Å². The zero-order chi connectivity index (χ0) is 10.8. The lowest BCUT2D eigenvalue weighted by Crippen LogP contribution is -2.35. The van der Waals surface area contributed by atoms with Crippen LogP contribution in [-0.2, 0) is 12.8 Å². The topological polar surface area (TPSA) is 43.8 Å². The molecule has 0 bridgehead atoms. The summed E-state index contributed by atoms with van der Waals surface area (Å²) in [4.78, 5) is 0. The Morgan fingerprint density at radius 3 is 2.67 bits per heavy atom. The summed E-state index contributed by atoms with van der Waals surface area (Å²) in [5.41, 5.74) is 8.34. The fraction of sp³-hybridized carbons (Fsp3) is 0.750. The largest absolute Gasteiger partial charge is 0.330 e. The van der Waals surface area contributed by atoms with Crippen molar-refractivity contribution in [3.8, 4) is 0 Å². The molecule has 1 aliphatic carbocycles. The van der Waals surface area contributed by atoms with Crippen molar-refractivity contribution in [2.24, 2.45) is 11.7 Å². The molecule has 2 N–H and O–H groups in total. The molecule has 1 heterocycles. The second-order valence-corrected chi connectivity index (χ2v) is 4.42. The van der Waals surface area contributed by atoms with Gasteiger partial charge in [0, 0.05) is 5.69 Å². The molecule has 2 atom stereocenters. The third kappa shape index (κ3) is 1.81. The number of nitrogens with zero attached hydrogens (tertiary/aromatic N) is 2. The van der Waals surface area contributed by atoms with Gasteiger partial charge in [0.1, 0.15) is 0 Å². The highest BCUT2D eigenvalue weighted by atomic mass is 15.3. The van der Waals surface area contributed by atoms with E-state index in [2.05, 4.69) is 29.7 Å². The van der Waals surface area contributed by atoms with Crippen molar-refractivity contribution in [1.82, 2.24) is 9.78 Å². The van der Waals surface area contributed by atoms with Crippen molar-refractivity contribution in [2.45, 2.75) is 45.6 Å². The lowest BCUT2D eigenvalue weighted by atomic mass is 9.79. The summed E-state index contributed by atoms with van der Waals surface area (Å²) in [5.74, 6) is 0.653. The summed E-state index contributed by atoms with van der Waals surface area (Å²) in [7, 11) is 0. The van der Waals surface area contributed by atoms with E-state index in [4.69, 9.17) is 5.73 Å². The summed E-state index contributed by atoms with van der Waals surface area (Å²) in [6, 6.07) is 2.82. The molecule has 1 aromatic heterocycles. The highest BCUT2D eigenvalue weighted by Gasteiger charge is 2.32. The Morgan fingerprint density at radius 2 is 2.20 bits per heavy atom. The Labute approximate surface area is 91.7 Å². The van der Waals surface area contributed by atoms with E-state index in [-0.39, 0.29) is 0 Å². The molecular weight excluding hydrogens is 186 g/mol. The Balaban J connectivity index is 2.22. The van der Waals surface area contributed by atoms with Gasteiger partial charge >= 0.3 is 0 Å². The molecule has 15 heavy (non-hydrogen) atoms. The Morgan fingerprint density at radius 1 is 1.40 bits per heavy atom. The zero-order valence-electron chi connectivity index (χ0n) is 9.74. The molecular formula is C12H21N3. The first kappa shape index (κ1) is 10.7. The van der Waals surface area contributed by atoms with E-state index in [0.717, 1.165) is 19.4 Å². The van der Waals surface area contributed by atoms with Crippen molar-refractivity contribution in [3.05, 3.63) is 17.5 Å². The average molecular weight is 207 g/mol. The van der Waals surface area contributed by atoms with Crippen LogP contribution in [0.3, 0.4) is 0 Å². The van der Waals surface area contributed by atoms with Gasteiger partial charge in [-0.25, -0.2) is 0 Å². The molecule has 84 valence electrons. The van der Waals surface area contributed by atoms with Crippen LogP contribution in [0.2, 0.25) is 0 Å². The Kier molecular flexibility index (Phi) is 3.10. The molecule has 0 radical (unpaired) electrons. The number of nitrogens with two attached hydrogens (primary N) is 1. The smallest absolute Gasteiger partial charge is 0.0624 e. The van der Waals surface area contributed by atoms with Crippen LogP contribution in [0.5, 0.6) is 0 Å². The van der Waals surface area contributed by atoms with Crippen LogP contribution >= 0.6 is 0 Å². The van der Waals surface area contributed by atoms with Crippen LogP contribution in [0.15, 0.2) is 6.07 Å². The fourth-order valence-electron chi connectivity index (χ4n) is 2.36. The third-order valence-electron chi connectivity index (χ3n) is 3.58. The van der Waals surface area contributed by atoms with Gasteiger partial charge in [0.15, 0.2) is 0 Å². The monoisotopic (exact) mass is 207 g/mol. The van der Waals surface area contributed by atoms with Gasteiger partial charge in [0.05, 0.1) is 11.7 Å². The third-order valence-corrected chi connectivity index (χ3v) is 3.58. The minimum atomic E-state index is 0.574. The summed E-state index contributed by atoms with van der Waals surface area (Å²) < 4.78 is 2.24. The van der Waals surface area contributed by atoms with Gasteiger partial charge in [-0.1, -0.05) is 13.8 Å². The highest BCUT2D eigenvalue weighted by molar-refractivity contribution is 5.12. The normalized spacial score (nSPS) is 25.3. The Hall–Kier alpha value is -0.830. The molecule has 2 unspecified atom stereocenters. The van der Waals surface area contributed by atoms with E-state index in [1.54, 1.807) is 0 Å². The maximum absolute atomic E-state index is 5.75. The van der Waals surface area contributed by atoms with Crippen LogP contribution in [-0.4, -0.2) is 16.3 Å².